The minimum atomic E-state index is 0.103. The summed E-state index contributed by atoms with van der Waals surface area (Å²) in [7, 11) is 0. The van der Waals surface area contributed by atoms with Crippen molar-refractivity contribution in [2.45, 2.75) is 40.0 Å². The van der Waals surface area contributed by atoms with Crippen molar-refractivity contribution in [1.29, 1.82) is 0 Å². The molecule has 0 saturated carbocycles. The van der Waals surface area contributed by atoms with Crippen LogP contribution in [0.5, 0.6) is 5.75 Å². The molecule has 0 aromatic heterocycles. The predicted molar refractivity (Wildman–Crippen MR) is 89.0 cm³/mol. The van der Waals surface area contributed by atoms with Gasteiger partial charge in [-0.25, -0.2) is 0 Å². The van der Waals surface area contributed by atoms with Crippen LogP contribution in [0.2, 0.25) is 0 Å². The van der Waals surface area contributed by atoms with Crippen LogP contribution < -0.4 is 10.5 Å². The minimum absolute atomic E-state index is 0.103. The molecule has 1 aliphatic rings. The molecule has 1 amide bonds. The maximum atomic E-state index is 12.2. The zero-order valence-corrected chi connectivity index (χ0v) is 14.0. The van der Waals surface area contributed by atoms with Gasteiger partial charge in [-0.3, -0.25) is 4.79 Å². The highest BCUT2D eigenvalue weighted by Gasteiger charge is 2.34. The van der Waals surface area contributed by atoms with Gasteiger partial charge in [0, 0.05) is 19.5 Å². The fourth-order valence-corrected chi connectivity index (χ4v) is 2.78. The third-order valence-electron chi connectivity index (χ3n) is 4.69. The Morgan fingerprint density at radius 2 is 2.14 bits per heavy atom. The summed E-state index contributed by atoms with van der Waals surface area (Å²) in [5.41, 5.74) is 8.38. The number of hydrogen-bond acceptors (Lipinski definition) is 3. The molecule has 0 radical (unpaired) electrons. The second-order valence-corrected chi connectivity index (χ2v) is 6.78. The highest BCUT2D eigenvalue weighted by molar-refractivity contribution is 5.76. The highest BCUT2D eigenvalue weighted by Crippen LogP contribution is 2.28. The Hall–Kier alpha value is -1.55. The normalized spacial score (nSPS) is 21.2. The van der Waals surface area contributed by atoms with Gasteiger partial charge in [0.1, 0.15) is 5.75 Å². The van der Waals surface area contributed by atoms with Gasteiger partial charge < -0.3 is 15.4 Å². The summed E-state index contributed by atoms with van der Waals surface area (Å²) in [4.78, 5) is 14.1. The Balaban J connectivity index is 1.70. The molecule has 4 heteroatoms. The van der Waals surface area contributed by atoms with Crippen molar-refractivity contribution >= 4 is 5.91 Å². The Kier molecular flexibility index (Phi) is 5.46. The van der Waals surface area contributed by atoms with Gasteiger partial charge in [-0.05, 0) is 61.9 Å². The fourth-order valence-electron chi connectivity index (χ4n) is 2.78. The smallest absolute Gasteiger partial charge is 0.222 e. The van der Waals surface area contributed by atoms with Gasteiger partial charge in [0.05, 0.1) is 6.61 Å². The summed E-state index contributed by atoms with van der Waals surface area (Å²) < 4.78 is 5.73. The van der Waals surface area contributed by atoms with Crippen LogP contribution >= 0.6 is 0 Å². The van der Waals surface area contributed by atoms with E-state index in [1.165, 1.54) is 11.1 Å². The molecule has 1 atom stereocenters. The predicted octanol–water partition coefficient (Wildman–Crippen LogP) is 2.66. The summed E-state index contributed by atoms with van der Waals surface area (Å²) in [5, 5.41) is 0. The molecule has 2 rings (SSSR count). The third kappa shape index (κ3) is 4.23. The van der Waals surface area contributed by atoms with E-state index in [9.17, 15) is 4.79 Å². The van der Waals surface area contributed by atoms with Crippen LogP contribution in [-0.2, 0) is 4.79 Å². The molecular weight excluding hydrogens is 276 g/mol. The number of hydrogen-bond donors (Lipinski definition) is 1. The second-order valence-electron chi connectivity index (χ2n) is 6.78. The molecular formula is C18H28N2O2. The standard InChI is InChI=1S/C18H28N2O2/c1-14-6-7-16(11-15(14)2)22-10-4-5-17(21)20-9-8-18(3,12-19)13-20/h6-7,11H,4-5,8-10,12-13,19H2,1-3H3. The third-order valence-corrected chi connectivity index (χ3v) is 4.69. The van der Waals surface area contributed by atoms with Crippen molar-refractivity contribution in [3.63, 3.8) is 0 Å². The molecule has 0 spiro atoms. The summed E-state index contributed by atoms with van der Waals surface area (Å²) in [5.74, 6) is 1.10. The fraction of sp³-hybridized carbons (Fsp3) is 0.611. The molecule has 0 bridgehead atoms. The highest BCUT2D eigenvalue weighted by atomic mass is 16.5. The number of nitrogens with two attached hydrogens (primary N) is 1. The number of amides is 1. The number of carbonyl (C=O) groups excluding carboxylic acids is 1. The quantitative estimate of drug-likeness (QED) is 0.822. The number of benzene rings is 1. The SMILES string of the molecule is Cc1ccc(OCCCC(=O)N2CCC(C)(CN)C2)cc1C. The maximum Gasteiger partial charge on any atom is 0.222 e. The first kappa shape index (κ1) is 16.8. The van der Waals surface area contributed by atoms with E-state index in [4.69, 9.17) is 10.5 Å². The van der Waals surface area contributed by atoms with Crippen LogP contribution in [0, 0.1) is 19.3 Å². The van der Waals surface area contributed by atoms with Gasteiger partial charge in [-0.15, -0.1) is 0 Å². The topological polar surface area (TPSA) is 55.6 Å². The molecule has 1 aromatic carbocycles. The first-order valence-electron chi connectivity index (χ1n) is 8.11. The van der Waals surface area contributed by atoms with E-state index in [1.54, 1.807) is 0 Å². The Morgan fingerprint density at radius 3 is 2.77 bits per heavy atom. The first-order valence-corrected chi connectivity index (χ1v) is 8.11. The van der Waals surface area contributed by atoms with E-state index in [2.05, 4.69) is 26.8 Å². The molecule has 1 heterocycles. The number of nitrogens with zero attached hydrogens (tertiary/aromatic N) is 1. The molecule has 1 saturated heterocycles. The van der Waals surface area contributed by atoms with Gasteiger partial charge in [-0.2, -0.15) is 0 Å². The lowest BCUT2D eigenvalue weighted by Gasteiger charge is -2.22. The van der Waals surface area contributed by atoms with Gasteiger partial charge in [0.25, 0.3) is 0 Å². The summed E-state index contributed by atoms with van der Waals surface area (Å²) >= 11 is 0. The number of aryl methyl sites for hydroxylation is 2. The molecule has 1 fully saturated rings. The van der Waals surface area contributed by atoms with Crippen LogP contribution in [0.1, 0.15) is 37.3 Å². The summed E-state index contributed by atoms with van der Waals surface area (Å²) in [6.45, 7) is 9.17. The van der Waals surface area contributed by atoms with Gasteiger partial charge >= 0.3 is 0 Å². The zero-order valence-electron chi connectivity index (χ0n) is 14.0. The minimum Gasteiger partial charge on any atom is -0.494 e. The van der Waals surface area contributed by atoms with Gasteiger partial charge in [-0.1, -0.05) is 13.0 Å². The van der Waals surface area contributed by atoms with Crippen molar-refractivity contribution in [3.8, 4) is 5.75 Å². The Bertz CT molecular complexity index is 530. The molecule has 1 aliphatic heterocycles. The van der Waals surface area contributed by atoms with E-state index in [-0.39, 0.29) is 11.3 Å². The van der Waals surface area contributed by atoms with Crippen molar-refractivity contribution < 1.29 is 9.53 Å². The lowest BCUT2D eigenvalue weighted by atomic mass is 9.90. The number of ether oxygens (including phenoxy) is 1. The number of rotatable bonds is 6. The molecule has 0 aliphatic carbocycles. The lowest BCUT2D eigenvalue weighted by Crippen LogP contribution is -2.34. The largest absolute Gasteiger partial charge is 0.494 e. The average Bonchev–Trinajstić information content (AvgIpc) is 2.90. The molecule has 1 unspecified atom stereocenters. The van der Waals surface area contributed by atoms with E-state index >= 15 is 0 Å². The van der Waals surface area contributed by atoms with Crippen LogP contribution in [0.4, 0.5) is 0 Å². The van der Waals surface area contributed by atoms with Crippen LogP contribution in [0.25, 0.3) is 0 Å². The molecule has 2 N–H and O–H groups in total. The molecule has 1 aromatic rings. The summed E-state index contributed by atoms with van der Waals surface area (Å²) in [6, 6.07) is 6.09. The molecule has 22 heavy (non-hydrogen) atoms. The Labute approximate surface area is 133 Å². The number of carbonyl (C=O) groups is 1. The zero-order chi connectivity index (χ0) is 16.2. The summed E-state index contributed by atoms with van der Waals surface area (Å²) in [6.07, 6.45) is 2.31. The monoisotopic (exact) mass is 304 g/mol. The maximum absolute atomic E-state index is 12.2. The first-order chi connectivity index (χ1) is 10.4. The van der Waals surface area contributed by atoms with E-state index in [1.807, 2.05) is 17.0 Å². The van der Waals surface area contributed by atoms with E-state index in [0.717, 1.165) is 31.7 Å². The van der Waals surface area contributed by atoms with Gasteiger partial charge in [0.2, 0.25) is 5.91 Å². The van der Waals surface area contributed by atoms with Crippen molar-refractivity contribution in [2.75, 3.05) is 26.2 Å². The molecule has 4 nitrogen and oxygen atoms in total. The number of likely N-dealkylation sites (tertiary alicyclic amines) is 1. The Morgan fingerprint density at radius 1 is 1.36 bits per heavy atom. The van der Waals surface area contributed by atoms with Crippen molar-refractivity contribution in [3.05, 3.63) is 29.3 Å². The van der Waals surface area contributed by atoms with Crippen LogP contribution in [0.3, 0.4) is 0 Å². The lowest BCUT2D eigenvalue weighted by molar-refractivity contribution is -0.130. The van der Waals surface area contributed by atoms with E-state index in [0.29, 0.717) is 19.6 Å². The second kappa shape index (κ2) is 7.14. The van der Waals surface area contributed by atoms with Gasteiger partial charge in [0.15, 0.2) is 0 Å². The van der Waals surface area contributed by atoms with Crippen LogP contribution in [0.15, 0.2) is 18.2 Å². The average molecular weight is 304 g/mol. The van der Waals surface area contributed by atoms with E-state index < -0.39 is 0 Å². The van der Waals surface area contributed by atoms with Crippen molar-refractivity contribution in [1.82, 2.24) is 4.90 Å². The van der Waals surface area contributed by atoms with Crippen LogP contribution in [-0.4, -0.2) is 37.0 Å². The molecule has 122 valence electrons. The van der Waals surface area contributed by atoms with Crippen molar-refractivity contribution in [2.24, 2.45) is 11.1 Å².